The quantitative estimate of drug-likeness (QED) is 0.827. The van der Waals surface area contributed by atoms with Gasteiger partial charge in [-0.1, -0.05) is 44.5 Å². The summed E-state index contributed by atoms with van der Waals surface area (Å²) >= 11 is 0. The summed E-state index contributed by atoms with van der Waals surface area (Å²) in [6, 6.07) is 7.91. The van der Waals surface area contributed by atoms with Crippen molar-refractivity contribution in [3.05, 3.63) is 35.4 Å². The second-order valence-corrected chi connectivity index (χ2v) is 6.48. The molecule has 1 aromatic rings. The van der Waals surface area contributed by atoms with Gasteiger partial charge in [0.25, 0.3) is 0 Å². The van der Waals surface area contributed by atoms with Gasteiger partial charge < -0.3 is 0 Å². The molecule has 18 heavy (non-hydrogen) atoms. The number of rotatable bonds is 7. The van der Waals surface area contributed by atoms with Gasteiger partial charge in [-0.3, -0.25) is 0 Å². The van der Waals surface area contributed by atoms with Crippen molar-refractivity contribution in [2.24, 2.45) is 0 Å². The van der Waals surface area contributed by atoms with Crippen molar-refractivity contribution >= 4 is 10.0 Å². The SMILES string of the molecule is CCCCS(=O)(=O)NC(C)c1ccc(CC)cc1. The first-order valence-electron chi connectivity index (χ1n) is 6.57. The zero-order valence-electron chi connectivity index (χ0n) is 11.4. The molecule has 0 aromatic heterocycles. The van der Waals surface area contributed by atoms with Gasteiger partial charge in [0, 0.05) is 6.04 Å². The van der Waals surface area contributed by atoms with E-state index in [-0.39, 0.29) is 11.8 Å². The lowest BCUT2D eigenvalue weighted by atomic mass is 10.1. The Morgan fingerprint density at radius 1 is 1.17 bits per heavy atom. The van der Waals surface area contributed by atoms with Crippen LogP contribution in [0.25, 0.3) is 0 Å². The Morgan fingerprint density at radius 3 is 2.28 bits per heavy atom. The number of hydrogen-bond donors (Lipinski definition) is 1. The van der Waals surface area contributed by atoms with Crippen molar-refractivity contribution in [1.82, 2.24) is 4.72 Å². The molecular weight excluding hydrogens is 246 g/mol. The first-order valence-corrected chi connectivity index (χ1v) is 8.22. The molecule has 3 nitrogen and oxygen atoms in total. The highest BCUT2D eigenvalue weighted by Gasteiger charge is 2.14. The molecule has 1 aromatic carbocycles. The zero-order chi connectivity index (χ0) is 13.6. The van der Waals surface area contributed by atoms with Crippen molar-refractivity contribution < 1.29 is 8.42 Å². The Hall–Kier alpha value is -0.870. The molecule has 102 valence electrons. The van der Waals surface area contributed by atoms with E-state index in [9.17, 15) is 8.42 Å². The maximum absolute atomic E-state index is 11.8. The maximum atomic E-state index is 11.8. The fourth-order valence-corrected chi connectivity index (χ4v) is 3.23. The van der Waals surface area contributed by atoms with Crippen molar-refractivity contribution in [3.63, 3.8) is 0 Å². The molecule has 0 saturated carbocycles. The highest BCUT2D eigenvalue weighted by molar-refractivity contribution is 7.89. The molecule has 1 N–H and O–H groups in total. The lowest BCUT2D eigenvalue weighted by Crippen LogP contribution is -2.29. The van der Waals surface area contributed by atoms with Gasteiger partial charge in [-0.2, -0.15) is 0 Å². The Balaban J connectivity index is 2.66. The molecule has 0 saturated heterocycles. The van der Waals surface area contributed by atoms with Crippen molar-refractivity contribution in [1.29, 1.82) is 0 Å². The molecule has 0 amide bonds. The third-order valence-electron chi connectivity index (χ3n) is 3.01. The van der Waals surface area contributed by atoms with Gasteiger partial charge in [0.1, 0.15) is 0 Å². The molecule has 1 atom stereocenters. The number of aryl methyl sites for hydroxylation is 1. The highest BCUT2D eigenvalue weighted by Crippen LogP contribution is 2.15. The summed E-state index contributed by atoms with van der Waals surface area (Å²) in [6.45, 7) is 5.97. The largest absolute Gasteiger partial charge is 0.212 e. The lowest BCUT2D eigenvalue weighted by molar-refractivity contribution is 0.564. The minimum absolute atomic E-state index is 0.169. The zero-order valence-corrected chi connectivity index (χ0v) is 12.3. The summed E-state index contributed by atoms with van der Waals surface area (Å²) in [6.07, 6.45) is 2.59. The fourth-order valence-electron chi connectivity index (χ4n) is 1.77. The van der Waals surface area contributed by atoms with Crippen molar-refractivity contribution in [2.75, 3.05) is 5.75 Å². The molecule has 0 bridgehead atoms. The second-order valence-electron chi connectivity index (χ2n) is 4.61. The van der Waals surface area contributed by atoms with E-state index in [1.165, 1.54) is 5.56 Å². The van der Waals surface area contributed by atoms with Crippen LogP contribution in [0.4, 0.5) is 0 Å². The predicted molar refractivity (Wildman–Crippen MR) is 76.1 cm³/mol. The molecule has 4 heteroatoms. The monoisotopic (exact) mass is 269 g/mol. The lowest BCUT2D eigenvalue weighted by Gasteiger charge is -2.14. The number of sulfonamides is 1. The molecule has 0 radical (unpaired) electrons. The third kappa shape index (κ3) is 4.78. The molecule has 0 fully saturated rings. The highest BCUT2D eigenvalue weighted by atomic mass is 32.2. The van der Waals surface area contributed by atoms with E-state index in [0.717, 1.165) is 18.4 Å². The van der Waals surface area contributed by atoms with Crippen LogP contribution in [0.2, 0.25) is 0 Å². The number of unbranched alkanes of at least 4 members (excludes halogenated alkanes) is 1. The average molecular weight is 269 g/mol. The van der Waals surface area contributed by atoms with Crippen molar-refractivity contribution in [2.45, 2.75) is 46.1 Å². The van der Waals surface area contributed by atoms with Gasteiger partial charge >= 0.3 is 0 Å². The van der Waals surface area contributed by atoms with Crippen LogP contribution >= 0.6 is 0 Å². The summed E-state index contributed by atoms with van der Waals surface area (Å²) in [5.74, 6) is 0.209. The van der Waals surface area contributed by atoms with Gasteiger partial charge in [-0.15, -0.1) is 0 Å². The standard InChI is InChI=1S/C14H23NO2S/c1-4-6-11-18(16,17)15-12(3)14-9-7-13(5-2)8-10-14/h7-10,12,15H,4-6,11H2,1-3H3. The van der Waals surface area contributed by atoms with Gasteiger partial charge in [0.05, 0.1) is 5.75 Å². The van der Waals surface area contributed by atoms with E-state index in [1.807, 2.05) is 38.1 Å². The summed E-state index contributed by atoms with van der Waals surface area (Å²) in [5, 5.41) is 0. The number of nitrogens with one attached hydrogen (secondary N) is 1. The molecule has 1 rings (SSSR count). The molecule has 0 heterocycles. The molecule has 0 aliphatic heterocycles. The number of hydrogen-bond acceptors (Lipinski definition) is 2. The van der Waals surface area contributed by atoms with Gasteiger partial charge in [-0.25, -0.2) is 13.1 Å². The summed E-state index contributed by atoms with van der Waals surface area (Å²) < 4.78 is 26.3. The van der Waals surface area contributed by atoms with E-state index < -0.39 is 10.0 Å². The van der Waals surface area contributed by atoms with E-state index in [4.69, 9.17) is 0 Å². The van der Waals surface area contributed by atoms with Gasteiger partial charge in [0.2, 0.25) is 10.0 Å². The van der Waals surface area contributed by atoms with Crippen LogP contribution < -0.4 is 4.72 Å². The van der Waals surface area contributed by atoms with Crippen LogP contribution in [0.5, 0.6) is 0 Å². The van der Waals surface area contributed by atoms with Crippen LogP contribution in [0.1, 0.15) is 50.8 Å². The Labute approximate surface area is 111 Å². The number of benzene rings is 1. The Bertz CT molecular complexity index is 451. The van der Waals surface area contributed by atoms with Gasteiger partial charge in [-0.05, 0) is 30.9 Å². The Kier molecular flexibility index (Phi) is 5.82. The van der Waals surface area contributed by atoms with Crippen LogP contribution in [0.15, 0.2) is 24.3 Å². The van der Waals surface area contributed by atoms with Gasteiger partial charge in [0.15, 0.2) is 0 Å². The summed E-state index contributed by atoms with van der Waals surface area (Å²) in [7, 11) is -3.16. The molecule has 0 spiro atoms. The van der Waals surface area contributed by atoms with Crippen LogP contribution in [0, 0.1) is 0 Å². The van der Waals surface area contributed by atoms with Crippen molar-refractivity contribution in [3.8, 4) is 0 Å². The smallest absolute Gasteiger partial charge is 0.212 e. The minimum Gasteiger partial charge on any atom is -0.212 e. The first kappa shape index (κ1) is 15.2. The molecule has 1 unspecified atom stereocenters. The maximum Gasteiger partial charge on any atom is 0.212 e. The predicted octanol–water partition coefficient (Wildman–Crippen LogP) is 3.03. The molecule has 0 aliphatic carbocycles. The van der Waals surface area contributed by atoms with E-state index in [2.05, 4.69) is 11.6 Å². The molecule has 0 aliphatic rings. The third-order valence-corrected chi connectivity index (χ3v) is 4.55. The minimum atomic E-state index is -3.16. The fraction of sp³-hybridized carbons (Fsp3) is 0.571. The van der Waals surface area contributed by atoms with E-state index >= 15 is 0 Å². The van der Waals surface area contributed by atoms with E-state index in [1.54, 1.807) is 0 Å². The molecular formula is C14H23NO2S. The Morgan fingerprint density at radius 2 is 1.78 bits per heavy atom. The second kappa shape index (κ2) is 6.90. The average Bonchev–Trinajstić information content (AvgIpc) is 2.36. The van der Waals surface area contributed by atoms with Crippen LogP contribution in [0.3, 0.4) is 0 Å². The van der Waals surface area contributed by atoms with Crippen LogP contribution in [-0.2, 0) is 16.4 Å². The summed E-state index contributed by atoms with van der Waals surface area (Å²) in [4.78, 5) is 0. The summed E-state index contributed by atoms with van der Waals surface area (Å²) in [5.41, 5.74) is 2.27. The van der Waals surface area contributed by atoms with E-state index in [0.29, 0.717) is 6.42 Å². The normalized spacial score (nSPS) is 13.5. The van der Waals surface area contributed by atoms with Crippen LogP contribution in [-0.4, -0.2) is 14.2 Å². The topological polar surface area (TPSA) is 46.2 Å². The first-order chi connectivity index (χ1) is 8.48.